The maximum absolute atomic E-state index is 12.5. The van der Waals surface area contributed by atoms with Crippen LogP contribution in [0.15, 0.2) is 30.3 Å². The van der Waals surface area contributed by atoms with Crippen LogP contribution in [0.25, 0.3) is 10.9 Å². The number of carbonyl (C=O) groups excluding carboxylic acids is 1. The molecular formula is C19H22N2O2. The van der Waals surface area contributed by atoms with E-state index in [1.807, 2.05) is 30.3 Å². The van der Waals surface area contributed by atoms with Crippen molar-refractivity contribution >= 4 is 16.8 Å². The van der Waals surface area contributed by atoms with Gasteiger partial charge in [0.1, 0.15) is 0 Å². The van der Waals surface area contributed by atoms with E-state index in [1.54, 1.807) is 7.11 Å². The van der Waals surface area contributed by atoms with Crippen LogP contribution >= 0.6 is 0 Å². The van der Waals surface area contributed by atoms with Crippen LogP contribution in [0.3, 0.4) is 0 Å². The maximum atomic E-state index is 12.5. The van der Waals surface area contributed by atoms with Gasteiger partial charge in [-0.25, -0.2) is 4.98 Å². The first-order valence-electron chi connectivity index (χ1n) is 8.42. The lowest BCUT2D eigenvalue weighted by molar-refractivity contribution is -0.123. The van der Waals surface area contributed by atoms with Crippen LogP contribution in [0.1, 0.15) is 37.7 Å². The number of para-hydroxylation sites is 1. The molecule has 1 aromatic heterocycles. The smallest absolute Gasteiger partial charge is 0.223 e. The molecule has 4 heteroatoms. The molecule has 2 fully saturated rings. The summed E-state index contributed by atoms with van der Waals surface area (Å²) in [5.74, 6) is 1.04. The third kappa shape index (κ3) is 2.56. The monoisotopic (exact) mass is 310 g/mol. The van der Waals surface area contributed by atoms with Gasteiger partial charge >= 0.3 is 0 Å². The van der Waals surface area contributed by atoms with Crippen molar-refractivity contribution in [2.45, 2.75) is 38.6 Å². The van der Waals surface area contributed by atoms with Crippen LogP contribution < -0.4 is 10.1 Å². The Morgan fingerprint density at radius 2 is 2.13 bits per heavy atom. The van der Waals surface area contributed by atoms with Crippen molar-refractivity contribution in [1.82, 2.24) is 10.3 Å². The third-order valence-corrected chi connectivity index (χ3v) is 5.55. The summed E-state index contributed by atoms with van der Waals surface area (Å²) in [7, 11) is 1.62. The number of nitrogens with zero attached hydrogens (tertiary/aromatic N) is 1. The fourth-order valence-electron chi connectivity index (χ4n) is 4.13. The van der Waals surface area contributed by atoms with Crippen LogP contribution in [0.2, 0.25) is 0 Å². The van der Waals surface area contributed by atoms with E-state index in [9.17, 15) is 4.79 Å². The van der Waals surface area contributed by atoms with Gasteiger partial charge in [0.2, 0.25) is 11.8 Å². The van der Waals surface area contributed by atoms with Gasteiger partial charge < -0.3 is 10.1 Å². The normalized spacial score (nSPS) is 21.5. The fourth-order valence-corrected chi connectivity index (χ4v) is 4.13. The Kier molecular flexibility index (Phi) is 3.47. The van der Waals surface area contributed by atoms with Crippen LogP contribution in [0, 0.1) is 11.3 Å². The van der Waals surface area contributed by atoms with E-state index >= 15 is 0 Å². The Hall–Kier alpha value is -2.10. The lowest BCUT2D eigenvalue weighted by Crippen LogP contribution is -2.26. The number of hydrogen-bond acceptors (Lipinski definition) is 3. The van der Waals surface area contributed by atoms with Gasteiger partial charge in [0.05, 0.1) is 12.6 Å². The van der Waals surface area contributed by atoms with Gasteiger partial charge in [-0.05, 0) is 36.3 Å². The van der Waals surface area contributed by atoms with Crippen molar-refractivity contribution in [2.24, 2.45) is 11.3 Å². The minimum Gasteiger partial charge on any atom is -0.481 e. The lowest BCUT2D eigenvalue weighted by Gasteiger charge is -2.12. The Bertz CT molecular complexity index is 750. The molecule has 23 heavy (non-hydrogen) atoms. The summed E-state index contributed by atoms with van der Waals surface area (Å²) in [4.78, 5) is 16.9. The number of aromatic nitrogens is 1. The van der Waals surface area contributed by atoms with E-state index in [0.717, 1.165) is 22.9 Å². The molecule has 4 nitrogen and oxygen atoms in total. The maximum Gasteiger partial charge on any atom is 0.223 e. The SMILES string of the molecule is COc1cc(CNC(=O)C2CC23CCCC3)c2ccccc2n1. The second-order valence-electron chi connectivity index (χ2n) is 6.88. The van der Waals surface area contributed by atoms with Crippen LogP contribution in [0.5, 0.6) is 5.88 Å². The highest BCUT2D eigenvalue weighted by molar-refractivity contribution is 5.85. The molecule has 1 spiro atoms. The van der Waals surface area contributed by atoms with Crippen molar-refractivity contribution in [3.8, 4) is 5.88 Å². The lowest BCUT2D eigenvalue weighted by atomic mass is 10.0. The van der Waals surface area contributed by atoms with Gasteiger partial charge in [0.15, 0.2) is 0 Å². The molecule has 0 radical (unpaired) electrons. The number of benzene rings is 1. The minimum atomic E-state index is 0.215. The zero-order chi connectivity index (χ0) is 15.9. The molecule has 1 heterocycles. The summed E-state index contributed by atoms with van der Waals surface area (Å²) in [6.07, 6.45) is 6.12. The number of rotatable bonds is 4. The number of pyridine rings is 1. The quantitative estimate of drug-likeness (QED) is 0.941. The van der Waals surface area contributed by atoms with Crippen LogP contribution in [-0.4, -0.2) is 18.0 Å². The van der Waals surface area contributed by atoms with E-state index in [2.05, 4.69) is 10.3 Å². The zero-order valence-corrected chi connectivity index (χ0v) is 13.5. The summed E-state index contributed by atoms with van der Waals surface area (Å²) >= 11 is 0. The summed E-state index contributed by atoms with van der Waals surface area (Å²) < 4.78 is 5.28. The number of nitrogens with one attached hydrogen (secondary N) is 1. The minimum absolute atomic E-state index is 0.215. The van der Waals surface area contributed by atoms with E-state index < -0.39 is 0 Å². The Morgan fingerprint density at radius 3 is 2.91 bits per heavy atom. The second kappa shape index (κ2) is 5.52. The van der Waals surface area contributed by atoms with Gasteiger partial charge in [-0.15, -0.1) is 0 Å². The van der Waals surface area contributed by atoms with Crippen LogP contribution in [-0.2, 0) is 11.3 Å². The highest BCUT2D eigenvalue weighted by Crippen LogP contribution is 2.62. The molecule has 1 amide bonds. The zero-order valence-electron chi connectivity index (χ0n) is 13.5. The average molecular weight is 310 g/mol. The van der Waals surface area contributed by atoms with E-state index in [4.69, 9.17) is 4.74 Å². The molecule has 1 unspecified atom stereocenters. The molecular weight excluding hydrogens is 288 g/mol. The standard InChI is InChI=1S/C19H22N2O2/c1-23-17-10-13(14-6-2-3-7-16(14)21-17)12-20-18(22)15-11-19(15)8-4-5-9-19/h2-3,6-7,10,15H,4-5,8-9,11-12H2,1H3,(H,20,22). The van der Waals surface area contributed by atoms with Gasteiger partial charge in [-0.1, -0.05) is 31.0 Å². The Labute approximate surface area is 136 Å². The molecule has 2 aromatic rings. The van der Waals surface area contributed by atoms with Crippen molar-refractivity contribution in [3.63, 3.8) is 0 Å². The molecule has 2 saturated carbocycles. The summed E-state index contributed by atoms with van der Waals surface area (Å²) in [5.41, 5.74) is 2.30. The van der Waals surface area contributed by atoms with Crippen molar-refractivity contribution in [1.29, 1.82) is 0 Å². The average Bonchev–Trinajstić information content (AvgIpc) is 3.09. The number of amides is 1. The van der Waals surface area contributed by atoms with Crippen LogP contribution in [0.4, 0.5) is 0 Å². The highest BCUT2D eigenvalue weighted by Gasteiger charge is 2.58. The van der Waals surface area contributed by atoms with Gasteiger partial charge in [-0.2, -0.15) is 0 Å². The van der Waals surface area contributed by atoms with Gasteiger partial charge in [-0.3, -0.25) is 4.79 Å². The predicted molar refractivity (Wildman–Crippen MR) is 89.1 cm³/mol. The fraction of sp³-hybridized carbons (Fsp3) is 0.474. The third-order valence-electron chi connectivity index (χ3n) is 5.55. The first kappa shape index (κ1) is 14.5. The summed E-state index contributed by atoms with van der Waals surface area (Å²) in [6, 6.07) is 9.89. The molecule has 0 bridgehead atoms. The number of ether oxygens (including phenoxy) is 1. The van der Waals surface area contributed by atoms with Gasteiger partial charge in [0.25, 0.3) is 0 Å². The first-order valence-corrected chi connectivity index (χ1v) is 8.42. The summed E-state index contributed by atoms with van der Waals surface area (Å²) in [6.45, 7) is 0.533. The molecule has 1 aromatic carbocycles. The molecule has 2 aliphatic carbocycles. The molecule has 120 valence electrons. The molecule has 1 atom stereocenters. The second-order valence-corrected chi connectivity index (χ2v) is 6.88. The largest absolute Gasteiger partial charge is 0.481 e. The number of fused-ring (bicyclic) bond motifs is 1. The number of methoxy groups -OCH3 is 1. The number of carbonyl (C=O) groups is 1. The van der Waals surface area contributed by atoms with Crippen molar-refractivity contribution in [2.75, 3.05) is 7.11 Å². The van der Waals surface area contributed by atoms with E-state index in [0.29, 0.717) is 17.8 Å². The predicted octanol–water partition coefficient (Wildman–Crippen LogP) is 3.44. The topological polar surface area (TPSA) is 51.2 Å². The molecule has 2 aliphatic rings. The van der Waals surface area contributed by atoms with Gasteiger partial charge in [0, 0.05) is 23.9 Å². The highest BCUT2D eigenvalue weighted by atomic mass is 16.5. The number of hydrogen-bond donors (Lipinski definition) is 1. The summed E-state index contributed by atoms with van der Waals surface area (Å²) in [5, 5.41) is 4.20. The molecule has 0 saturated heterocycles. The molecule has 1 N–H and O–H groups in total. The first-order chi connectivity index (χ1) is 11.2. The molecule has 4 rings (SSSR count). The van der Waals surface area contributed by atoms with E-state index in [-0.39, 0.29) is 11.8 Å². The van der Waals surface area contributed by atoms with Crippen molar-refractivity contribution < 1.29 is 9.53 Å². The Balaban J connectivity index is 1.50. The van der Waals surface area contributed by atoms with E-state index in [1.165, 1.54) is 25.7 Å². The van der Waals surface area contributed by atoms with Crippen molar-refractivity contribution in [3.05, 3.63) is 35.9 Å². The molecule has 0 aliphatic heterocycles. The Morgan fingerprint density at radius 1 is 1.35 bits per heavy atom.